The summed E-state index contributed by atoms with van der Waals surface area (Å²) < 4.78 is 5.04. The van der Waals surface area contributed by atoms with E-state index in [1.54, 1.807) is 7.05 Å². The molecule has 7 heteroatoms. The van der Waals surface area contributed by atoms with E-state index in [9.17, 15) is 4.79 Å². The van der Waals surface area contributed by atoms with Crippen LogP contribution in [0.3, 0.4) is 0 Å². The standard InChI is InChI=1S/C18H25N5O2/c1-13-20-17(21-25-13)12-22(3)16-8-9-23(11-16)10-14-4-6-15(7-5-14)18(24)19-2/h4-7,16H,8-12H2,1-3H3,(H,19,24). The average Bonchev–Trinajstić information content (AvgIpc) is 3.24. The van der Waals surface area contributed by atoms with Crippen molar-refractivity contribution in [3.63, 3.8) is 0 Å². The molecule has 1 N–H and O–H groups in total. The van der Waals surface area contributed by atoms with E-state index in [2.05, 4.69) is 32.3 Å². The summed E-state index contributed by atoms with van der Waals surface area (Å²) in [6, 6.07) is 8.32. The molecule has 0 saturated carbocycles. The number of aryl methyl sites for hydroxylation is 1. The Bertz CT molecular complexity index is 713. The Labute approximate surface area is 148 Å². The molecule has 1 aliphatic heterocycles. The molecule has 1 amide bonds. The van der Waals surface area contributed by atoms with Gasteiger partial charge in [-0.05, 0) is 31.2 Å². The molecule has 1 unspecified atom stereocenters. The predicted octanol–water partition coefficient (Wildman–Crippen LogP) is 1.44. The minimum atomic E-state index is -0.0499. The van der Waals surface area contributed by atoms with Gasteiger partial charge in [0.1, 0.15) is 0 Å². The van der Waals surface area contributed by atoms with E-state index in [4.69, 9.17) is 4.52 Å². The fraction of sp³-hybridized carbons (Fsp3) is 0.500. The average molecular weight is 343 g/mol. The number of carbonyl (C=O) groups is 1. The molecule has 1 aliphatic rings. The van der Waals surface area contributed by atoms with Crippen LogP contribution in [0, 0.1) is 6.92 Å². The van der Waals surface area contributed by atoms with Crippen molar-refractivity contribution < 1.29 is 9.32 Å². The van der Waals surface area contributed by atoms with Crippen LogP contribution >= 0.6 is 0 Å². The Hall–Kier alpha value is -2.25. The van der Waals surface area contributed by atoms with E-state index in [1.807, 2.05) is 31.2 Å². The number of benzene rings is 1. The highest BCUT2D eigenvalue weighted by Crippen LogP contribution is 2.18. The molecular weight excluding hydrogens is 318 g/mol. The molecule has 1 aromatic heterocycles. The van der Waals surface area contributed by atoms with Gasteiger partial charge in [-0.15, -0.1) is 0 Å². The lowest BCUT2D eigenvalue weighted by Crippen LogP contribution is -2.34. The van der Waals surface area contributed by atoms with Gasteiger partial charge in [-0.25, -0.2) is 0 Å². The van der Waals surface area contributed by atoms with E-state index in [0.29, 0.717) is 24.0 Å². The van der Waals surface area contributed by atoms with Crippen LogP contribution in [0.15, 0.2) is 28.8 Å². The third-order valence-electron chi connectivity index (χ3n) is 4.68. The second kappa shape index (κ2) is 7.76. The van der Waals surface area contributed by atoms with Crippen LogP contribution < -0.4 is 5.32 Å². The number of carbonyl (C=O) groups excluding carboxylic acids is 1. The monoisotopic (exact) mass is 343 g/mol. The van der Waals surface area contributed by atoms with Gasteiger partial charge >= 0.3 is 0 Å². The molecule has 1 atom stereocenters. The van der Waals surface area contributed by atoms with E-state index < -0.39 is 0 Å². The maximum atomic E-state index is 11.6. The molecule has 3 rings (SSSR count). The third kappa shape index (κ3) is 4.43. The van der Waals surface area contributed by atoms with Crippen molar-refractivity contribution in [3.05, 3.63) is 47.1 Å². The maximum absolute atomic E-state index is 11.6. The summed E-state index contributed by atoms with van der Waals surface area (Å²) >= 11 is 0. The van der Waals surface area contributed by atoms with Gasteiger partial charge in [0.2, 0.25) is 5.89 Å². The number of likely N-dealkylation sites (N-methyl/N-ethyl adjacent to an activating group) is 1. The Kier molecular flexibility index (Phi) is 5.45. The van der Waals surface area contributed by atoms with Crippen molar-refractivity contribution in [3.8, 4) is 0 Å². The molecule has 1 fully saturated rings. The van der Waals surface area contributed by atoms with Crippen LogP contribution in [-0.4, -0.2) is 59.1 Å². The molecule has 1 aromatic carbocycles. The van der Waals surface area contributed by atoms with Gasteiger partial charge in [-0.3, -0.25) is 14.6 Å². The first-order chi connectivity index (χ1) is 12.0. The van der Waals surface area contributed by atoms with Crippen molar-refractivity contribution in [2.45, 2.75) is 32.5 Å². The van der Waals surface area contributed by atoms with Gasteiger partial charge in [0.05, 0.1) is 6.54 Å². The summed E-state index contributed by atoms with van der Waals surface area (Å²) in [6.45, 7) is 5.50. The van der Waals surface area contributed by atoms with Crippen LogP contribution in [0.25, 0.3) is 0 Å². The molecule has 134 valence electrons. The van der Waals surface area contributed by atoms with Crippen molar-refractivity contribution in [1.82, 2.24) is 25.3 Å². The predicted molar refractivity (Wildman–Crippen MR) is 94.0 cm³/mol. The quantitative estimate of drug-likeness (QED) is 0.856. The number of hydrogen-bond acceptors (Lipinski definition) is 6. The third-order valence-corrected chi connectivity index (χ3v) is 4.68. The summed E-state index contributed by atoms with van der Waals surface area (Å²) in [4.78, 5) is 20.6. The van der Waals surface area contributed by atoms with E-state index in [-0.39, 0.29) is 5.91 Å². The molecule has 7 nitrogen and oxygen atoms in total. The summed E-state index contributed by atoms with van der Waals surface area (Å²) in [7, 11) is 3.75. The molecule has 25 heavy (non-hydrogen) atoms. The van der Waals surface area contributed by atoms with E-state index >= 15 is 0 Å². The molecule has 0 aliphatic carbocycles. The number of likely N-dealkylation sites (tertiary alicyclic amines) is 1. The first kappa shape index (κ1) is 17.6. The fourth-order valence-corrected chi connectivity index (χ4v) is 3.24. The molecule has 0 spiro atoms. The van der Waals surface area contributed by atoms with Crippen LogP contribution in [0.4, 0.5) is 0 Å². The van der Waals surface area contributed by atoms with Gasteiger partial charge in [0.15, 0.2) is 5.82 Å². The van der Waals surface area contributed by atoms with Crippen LogP contribution in [-0.2, 0) is 13.1 Å². The zero-order chi connectivity index (χ0) is 17.8. The SMILES string of the molecule is CNC(=O)c1ccc(CN2CCC(N(C)Cc3noc(C)n3)C2)cc1. The largest absolute Gasteiger partial charge is 0.355 e. The first-order valence-electron chi connectivity index (χ1n) is 8.58. The van der Waals surface area contributed by atoms with Gasteiger partial charge in [-0.2, -0.15) is 4.98 Å². The number of nitrogens with zero attached hydrogens (tertiary/aromatic N) is 4. The van der Waals surface area contributed by atoms with E-state index in [0.717, 1.165) is 31.9 Å². The lowest BCUT2D eigenvalue weighted by Gasteiger charge is -2.23. The minimum absolute atomic E-state index is 0.0499. The lowest BCUT2D eigenvalue weighted by molar-refractivity contribution is 0.0963. The van der Waals surface area contributed by atoms with Crippen molar-refractivity contribution in [2.24, 2.45) is 0 Å². The van der Waals surface area contributed by atoms with Crippen LogP contribution in [0.1, 0.15) is 34.1 Å². The zero-order valence-corrected chi connectivity index (χ0v) is 15.0. The van der Waals surface area contributed by atoms with Gasteiger partial charge < -0.3 is 9.84 Å². The van der Waals surface area contributed by atoms with Crippen molar-refractivity contribution >= 4 is 5.91 Å². The molecule has 1 saturated heterocycles. The maximum Gasteiger partial charge on any atom is 0.251 e. The fourth-order valence-electron chi connectivity index (χ4n) is 3.24. The minimum Gasteiger partial charge on any atom is -0.355 e. The smallest absolute Gasteiger partial charge is 0.251 e. The number of hydrogen-bond donors (Lipinski definition) is 1. The topological polar surface area (TPSA) is 74.5 Å². The molecule has 0 radical (unpaired) electrons. The van der Waals surface area contributed by atoms with Crippen molar-refractivity contribution in [2.75, 3.05) is 27.2 Å². The molecule has 0 bridgehead atoms. The molecule has 2 aromatic rings. The summed E-state index contributed by atoms with van der Waals surface area (Å²) in [5.41, 5.74) is 1.92. The highest BCUT2D eigenvalue weighted by atomic mass is 16.5. The first-order valence-corrected chi connectivity index (χ1v) is 8.58. The number of aromatic nitrogens is 2. The zero-order valence-electron chi connectivity index (χ0n) is 15.0. The molecule has 2 heterocycles. The number of nitrogens with one attached hydrogen (secondary N) is 1. The highest BCUT2D eigenvalue weighted by molar-refractivity contribution is 5.93. The second-order valence-corrected chi connectivity index (χ2v) is 6.60. The molecular formula is C18H25N5O2. The Morgan fingerprint density at radius 3 is 2.80 bits per heavy atom. The van der Waals surface area contributed by atoms with Gasteiger partial charge in [0, 0.05) is 45.2 Å². The Morgan fingerprint density at radius 2 is 2.16 bits per heavy atom. The number of amides is 1. The van der Waals surface area contributed by atoms with Gasteiger partial charge in [0.25, 0.3) is 5.91 Å². The van der Waals surface area contributed by atoms with Crippen molar-refractivity contribution in [1.29, 1.82) is 0 Å². The van der Waals surface area contributed by atoms with Crippen LogP contribution in [0.2, 0.25) is 0 Å². The van der Waals surface area contributed by atoms with E-state index in [1.165, 1.54) is 5.56 Å². The highest BCUT2D eigenvalue weighted by Gasteiger charge is 2.26. The summed E-state index contributed by atoms with van der Waals surface area (Å²) in [5, 5.41) is 6.61. The lowest BCUT2D eigenvalue weighted by atomic mass is 10.1. The number of rotatable bonds is 6. The normalized spacial score (nSPS) is 18.0. The van der Waals surface area contributed by atoms with Crippen LogP contribution in [0.5, 0.6) is 0 Å². The summed E-state index contributed by atoms with van der Waals surface area (Å²) in [5.74, 6) is 1.30. The second-order valence-electron chi connectivity index (χ2n) is 6.60. The van der Waals surface area contributed by atoms with Gasteiger partial charge in [-0.1, -0.05) is 17.3 Å². The Balaban J connectivity index is 1.51. The Morgan fingerprint density at radius 1 is 1.40 bits per heavy atom. The summed E-state index contributed by atoms with van der Waals surface area (Å²) in [6.07, 6.45) is 1.13.